The first-order valence-electron chi connectivity index (χ1n) is 7.48. The van der Waals surface area contributed by atoms with E-state index in [1.807, 2.05) is 31.2 Å². The third-order valence-corrected chi connectivity index (χ3v) is 4.34. The normalized spacial score (nSPS) is 14.0. The standard InChI is InChI=1S/C17H25NO4S/c1-11-6-8-13(9-7-11)10-23-12(2)14(15(19)20)18-16(21)22-17(3,4)5/h6-9,12,14H,10H2,1-5H3,(H,18,21)(H,19,20)/t12?,14-/m1/s1. The zero-order valence-electron chi connectivity index (χ0n) is 14.3. The molecule has 0 aliphatic heterocycles. The summed E-state index contributed by atoms with van der Waals surface area (Å²) in [5.41, 5.74) is 1.64. The maximum absolute atomic E-state index is 11.8. The SMILES string of the molecule is Cc1ccc(CSC(C)[C@@H](NC(=O)OC(C)(C)C)C(=O)O)cc1. The number of hydrogen-bond acceptors (Lipinski definition) is 4. The molecule has 0 saturated carbocycles. The molecule has 128 valence electrons. The van der Waals surface area contributed by atoms with Crippen molar-refractivity contribution in [2.45, 2.75) is 57.3 Å². The molecular weight excluding hydrogens is 314 g/mol. The highest BCUT2D eigenvalue weighted by Crippen LogP contribution is 2.21. The summed E-state index contributed by atoms with van der Waals surface area (Å²) in [7, 11) is 0. The van der Waals surface area contributed by atoms with Crippen LogP contribution in [0.25, 0.3) is 0 Å². The predicted octanol–water partition coefficient (Wildman–Crippen LogP) is 3.59. The van der Waals surface area contributed by atoms with Crippen molar-refractivity contribution in [1.29, 1.82) is 0 Å². The number of carbonyl (C=O) groups excluding carboxylic acids is 1. The molecule has 0 radical (unpaired) electrons. The topological polar surface area (TPSA) is 75.6 Å². The first kappa shape index (κ1) is 19.4. The summed E-state index contributed by atoms with van der Waals surface area (Å²) in [4.78, 5) is 23.2. The summed E-state index contributed by atoms with van der Waals surface area (Å²) < 4.78 is 5.12. The van der Waals surface area contributed by atoms with Gasteiger partial charge in [-0.1, -0.05) is 36.8 Å². The second-order valence-corrected chi connectivity index (χ2v) is 7.83. The Kier molecular flexibility index (Phi) is 6.94. The molecule has 5 nitrogen and oxygen atoms in total. The van der Waals surface area contributed by atoms with E-state index in [1.54, 1.807) is 27.7 Å². The summed E-state index contributed by atoms with van der Waals surface area (Å²) in [6.45, 7) is 9.01. The Labute approximate surface area is 141 Å². The molecule has 23 heavy (non-hydrogen) atoms. The van der Waals surface area contributed by atoms with Crippen LogP contribution in [0.3, 0.4) is 0 Å². The fourth-order valence-electron chi connectivity index (χ4n) is 1.82. The van der Waals surface area contributed by atoms with Gasteiger partial charge in [0.05, 0.1) is 0 Å². The number of ether oxygens (including phenoxy) is 1. The van der Waals surface area contributed by atoms with Crippen molar-refractivity contribution in [2.24, 2.45) is 0 Å². The predicted molar refractivity (Wildman–Crippen MR) is 92.7 cm³/mol. The smallest absolute Gasteiger partial charge is 0.408 e. The Hall–Kier alpha value is -1.69. The molecule has 1 unspecified atom stereocenters. The van der Waals surface area contributed by atoms with Crippen molar-refractivity contribution in [1.82, 2.24) is 5.32 Å². The first-order chi connectivity index (χ1) is 10.6. The van der Waals surface area contributed by atoms with E-state index < -0.39 is 23.7 Å². The fraction of sp³-hybridized carbons (Fsp3) is 0.529. The molecule has 0 saturated heterocycles. The molecule has 0 fully saturated rings. The molecule has 2 N–H and O–H groups in total. The van der Waals surface area contributed by atoms with Crippen molar-refractivity contribution in [3.63, 3.8) is 0 Å². The maximum Gasteiger partial charge on any atom is 0.408 e. The van der Waals surface area contributed by atoms with E-state index in [0.717, 1.165) is 5.56 Å². The lowest BCUT2D eigenvalue weighted by Crippen LogP contribution is -2.48. The Morgan fingerprint density at radius 2 is 1.83 bits per heavy atom. The molecule has 1 aromatic rings. The molecule has 0 aliphatic carbocycles. The highest BCUT2D eigenvalue weighted by Gasteiger charge is 2.29. The van der Waals surface area contributed by atoms with Gasteiger partial charge >= 0.3 is 12.1 Å². The Morgan fingerprint density at radius 3 is 2.30 bits per heavy atom. The molecule has 0 bridgehead atoms. The summed E-state index contributed by atoms with van der Waals surface area (Å²) >= 11 is 1.48. The zero-order chi connectivity index (χ0) is 17.6. The molecule has 2 atom stereocenters. The molecular formula is C17H25NO4S. The molecule has 1 aromatic carbocycles. The number of aliphatic carboxylic acids is 1. The lowest BCUT2D eigenvalue weighted by atomic mass is 10.2. The Bertz CT molecular complexity index is 537. The molecule has 0 spiro atoms. The van der Waals surface area contributed by atoms with Gasteiger partial charge in [0.1, 0.15) is 11.6 Å². The third-order valence-electron chi connectivity index (χ3n) is 3.04. The van der Waals surface area contributed by atoms with Crippen LogP contribution in [0.4, 0.5) is 4.79 Å². The van der Waals surface area contributed by atoms with Crippen LogP contribution < -0.4 is 5.32 Å². The highest BCUT2D eigenvalue weighted by atomic mass is 32.2. The van der Waals surface area contributed by atoms with Gasteiger partial charge in [0.2, 0.25) is 0 Å². The highest BCUT2D eigenvalue weighted by molar-refractivity contribution is 7.99. The number of carbonyl (C=O) groups is 2. The summed E-state index contributed by atoms with van der Waals surface area (Å²) in [6.07, 6.45) is -0.715. The van der Waals surface area contributed by atoms with E-state index >= 15 is 0 Å². The van der Waals surface area contributed by atoms with Gasteiger partial charge in [-0.25, -0.2) is 9.59 Å². The van der Waals surface area contributed by atoms with Crippen LogP contribution in [-0.2, 0) is 15.3 Å². The second kappa shape index (κ2) is 8.24. The average Bonchev–Trinajstić information content (AvgIpc) is 2.41. The Balaban J connectivity index is 2.60. The molecule has 0 aromatic heterocycles. The van der Waals surface area contributed by atoms with E-state index in [1.165, 1.54) is 17.3 Å². The number of amides is 1. The van der Waals surface area contributed by atoms with Crippen LogP contribution in [0.1, 0.15) is 38.8 Å². The van der Waals surface area contributed by atoms with Gasteiger partial charge in [0, 0.05) is 11.0 Å². The van der Waals surface area contributed by atoms with Gasteiger partial charge in [0.15, 0.2) is 0 Å². The van der Waals surface area contributed by atoms with Gasteiger partial charge in [-0.2, -0.15) is 11.8 Å². The number of carboxylic acid groups (broad SMARTS) is 1. The fourth-order valence-corrected chi connectivity index (χ4v) is 2.85. The Morgan fingerprint density at radius 1 is 1.26 bits per heavy atom. The number of alkyl carbamates (subject to hydrolysis) is 1. The number of carboxylic acids is 1. The van der Waals surface area contributed by atoms with Crippen LogP contribution in [0.2, 0.25) is 0 Å². The van der Waals surface area contributed by atoms with Gasteiger partial charge in [0.25, 0.3) is 0 Å². The lowest BCUT2D eigenvalue weighted by Gasteiger charge is -2.24. The largest absolute Gasteiger partial charge is 0.480 e. The molecule has 1 amide bonds. The summed E-state index contributed by atoms with van der Waals surface area (Å²) in [6, 6.07) is 7.08. The molecule has 0 aliphatic rings. The maximum atomic E-state index is 11.8. The zero-order valence-corrected chi connectivity index (χ0v) is 15.1. The lowest BCUT2D eigenvalue weighted by molar-refractivity contribution is -0.139. The van der Waals surface area contributed by atoms with Crippen LogP contribution in [-0.4, -0.2) is 34.1 Å². The number of rotatable bonds is 6. The number of benzene rings is 1. The number of nitrogens with one attached hydrogen (secondary N) is 1. The number of thioether (sulfide) groups is 1. The number of aryl methyl sites for hydroxylation is 1. The molecule has 0 heterocycles. The van der Waals surface area contributed by atoms with Crippen LogP contribution in [0.15, 0.2) is 24.3 Å². The van der Waals surface area contributed by atoms with Gasteiger partial charge in [-0.05, 0) is 33.3 Å². The first-order valence-corrected chi connectivity index (χ1v) is 8.53. The van der Waals surface area contributed by atoms with Gasteiger partial charge < -0.3 is 15.2 Å². The minimum Gasteiger partial charge on any atom is -0.480 e. The monoisotopic (exact) mass is 339 g/mol. The number of hydrogen-bond donors (Lipinski definition) is 2. The minimum atomic E-state index is -1.07. The second-order valence-electron chi connectivity index (χ2n) is 6.46. The summed E-state index contributed by atoms with van der Waals surface area (Å²) in [5.74, 6) is -0.388. The molecule has 6 heteroatoms. The molecule has 1 rings (SSSR count). The van der Waals surface area contributed by atoms with E-state index in [9.17, 15) is 14.7 Å². The van der Waals surface area contributed by atoms with Crippen molar-refractivity contribution in [3.8, 4) is 0 Å². The van der Waals surface area contributed by atoms with E-state index in [4.69, 9.17) is 4.74 Å². The van der Waals surface area contributed by atoms with Crippen LogP contribution in [0.5, 0.6) is 0 Å². The van der Waals surface area contributed by atoms with Gasteiger partial charge in [-0.15, -0.1) is 0 Å². The van der Waals surface area contributed by atoms with E-state index in [0.29, 0.717) is 5.75 Å². The average molecular weight is 339 g/mol. The quantitative estimate of drug-likeness (QED) is 0.828. The third kappa shape index (κ3) is 7.41. The van der Waals surface area contributed by atoms with Crippen LogP contribution >= 0.6 is 11.8 Å². The van der Waals surface area contributed by atoms with Crippen molar-refractivity contribution < 1.29 is 19.4 Å². The van der Waals surface area contributed by atoms with Crippen molar-refractivity contribution in [3.05, 3.63) is 35.4 Å². The van der Waals surface area contributed by atoms with E-state index in [2.05, 4.69) is 5.32 Å². The minimum absolute atomic E-state index is 0.290. The van der Waals surface area contributed by atoms with Crippen LogP contribution in [0, 0.1) is 6.92 Å². The van der Waals surface area contributed by atoms with Crippen molar-refractivity contribution in [2.75, 3.05) is 0 Å². The van der Waals surface area contributed by atoms with E-state index in [-0.39, 0.29) is 5.25 Å². The van der Waals surface area contributed by atoms with Gasteiger partial charge in [-0.3, -0.25) is 0 Å². The van der Waals surface area contributed by atoms with Crippen molar-refractivity contribution >= 4 is 23.8 Å². The summed E-state index contributed by atoms with van der Waals surface area (Å²) in [5, 5.41) is 11.5.